The summed E-state index contributed by atoms with van der Waals surface area (Å²) in [5.41, 5.74) is 3.30. The Balaban J connectivity index is 1.62. The summed E-state index contributed by atoms with van der Waals surface area (Å²) in [4.78, 5) is 12.7. The predicted octanol–water partition coefficient (Wildman–Crippen LogP) is 3.23. The Kier molecular flexibility index (Phi) is 4.33. The first kappa shape index (κ1) is 16.8. The number of imidazole rings is 1. The zero-order valence-corrected chi connectivity index (χ0v) is 14.6. The van der Waals surface area contributed by atoms with E-state index in [1.807, 2.05) is 30.5 Å². The van der Waals surface area contributed by atoms with E-state index in [1.165, 1.54) is 19.2 Å². The van der Waals surface area contributed by atoms with Crippen molar-refractivity contribution in [1.29, 1.82) is 0 Å². The number of benzene rings is 2. The number of nitrogens with one attached hydrogen (secondary N) is 1. The fraction of sp³-hybridized carbons (Fsp3) is 0.100. The molecule has 0 unspecified atom stereocenters. The molecule has 0 fully saturated rings. The van der Waals surface area contributed by atoms with Gasteiger partial charge in [-0.25, -0.2) is 9.18 Å². The van der Waals surface area contributed by atoms with Gasteiger partial charge in [0.1, 0.15) is 11.6 Å². The molecule has 0 bridgehead atoms. The normalized spacial score (nSPS) is 10.9. The van der Waals surface area contributed by atoms with Gasteiger partial charge in [0, 0.05) is 35.8 Å². The second-order valence-corrected chi connectivity index (χ2v) is 6.07. The van der Waals surface area contributed by atoms with Crippen molar-refractivity contribution in [1.82, 2.24) is 19.3 Å². The summed E-state index contributed by atoms with van der Waals surface area (Å²) in [7, 11) is 1.48. The van der Waals surface area contributed by atoms with E-state index in [9.17, 15) is 9.18 Å². The lowest BCUT2D eigenvalue weighted by Crippen LogP contribution is -2.23. The summed E-state index contributed by atoms with van der Waals surface area (Å²) < 4.78 is 21.7. The van der Waals surface area contributed by atoms with Crippen LogP contribution in [0.3, 0.4) is 0 Å². The van der Waals surface area contributed by atoms with Crippen molar-refractivity contribution in [2.24, 2.45) is 0 Å². The number of methoxy groups -OCH3 is 1. The zero-order chi connectivity index (χ0) is 18.8. The van der Waals surface area contributed by atoms with Gasteiger partial charge in [0.05, 0.1) is 25.5 Å². The van der Waals surface area contributed by atoms with Crippen LogP contribution in [0.4, 0.5) is 4.39 Å². The maximum Gasteiger partial charge on any atom is 0.333 e. The Hall–Kier alpha value is -3.61. The molecule has 0 amide bonds. The molecule has 6 nitrogen and oxygen atoms in total. The molecule has 2 heterocycles. The minimum atomic E-state index is -0.377. The molecule has 2 aromatic heterocycles. The van der Waals surface area contributed by atoms with Crippen molar-refractivity contribution in [3.8, 4) is 22.6 Å². The molecule has 0 saturated heterocycles. The van der Waals surface area contributed by atoms with Crippen molar-refractivity contribution < 1.29 is 9.13 Å². The summed E-state index contributed by atoms with van der Waals surface area (Å²) >= 11 is 0. The molecule has 0 aliphatic carbocycles. The molecule has 136 valence electrons. The van der Waals surface area contributed by atoms with Crippen LogP contribution in [0, 0.1) is 5.82 Å². The van der Waals surface area contributed by atoms with Crippen molar-refractivity contribution in [2.75, 3.05) is 7.11 Å². The van der Waals surface area contributed by atoms with Crippen molar-refractivity contribution in [2.45, 2.75) is 6.54 Å². The number of ether oxygens (including phenoxy) is 1. The molecule has 4 rings (SSSR count). The maximum absolute atomic E-state index is 13.4. The summed E-state index contributed by atoms with van der Waals surface area (Å²) in [6.45, 7) is 0.294. The number of hydrogen-bond donors (Lipinski definition) is 1. The first-order chi connectivity index (χ1) is 13.2. The van der Waals surface area contributed by atoms with Gasteiger partial charge in [-0.1, -0.05) is 18.2 Å². The average molecular weight is 364 g/mol. The maximum atomic E-state index is 13.4. The fourth-order valence-electron chi connectivity index (χ4n) is 2.99. The molecular weight excluding hydrogens is 347 g/mol. The quantitative estimate of drug-likeness (QED) is 0.591. The minimum Gasteiger partial charge on any atom is -0.496 e. The van der Waals surface area contributed by atoms with E-state index < -0.39 is 0 Å². The van der Waals surface area contributed by atoms with E-state index >= 15 is 0 Å². The molecule has 0 aliphatic rings. The third kappa shape index (κ3) is 3.27. The van der Waals surface area contributed by atoms with Gasteiger partial charge in [0.25, 0.3) is 0 Å². The number of nitrogens with zero attached hydrogens (tertiary/aromatic N) is 3. The van der Waals surface area contributed by atoms with Crippen LogP contribution < -0.4 is 10.4 Å². The Labute approximate surface area is 154 Å². The Bertz CT molecular complexity index is 1110. The first-order valence-electron chi connectivity index (χ1n) is 8.35. The molecule has 2 aromatic carbocycles. The molecule has 7 heteroatoms. The van der Waals surface area contributed by atoms with Crippen LogP contribution >= 0.6 is 0 Å². The third-order valence-corrected chi connectivity index (χ3v) is 4.41. The number of H-pyrrole nitrogens is 1. The second-order valence-electron chi connectivity index (χ2n) is 6.07. The molecule has 0 radical (unpaired) electrons. The molecule has 4 aromatic rings. The van der Waals surface area contributed by atoms with Crippen molar-refractivity contribution in [3.63, 3.8) is 0 Å². The van der Waals surface area contributed by atoms with E-state index in [4.69, 9.17) is 4.74 Å². The van der Waals surface area contributed by atoms with Crippen LogP contribution in [0.1, 0.15) is 5.56 Å². The molecule has 0 atom stereocenters. The highest BCUT2D eigenvalue weighted by molar-refractivity contribution is 5.62. The average Bonchev–Trinajstić information content (AvgIpc) is 3.34. The van der Waals surface area contributed by atoms with Crippen LogP contribution in [0.2, 0.25) is 0 Å². The molecule has 0 saturated carbocycles. The second kappa shape index (κ2) is 6.95. The Morgan fingerprint density at radius 1 is 1.11 bits per heavy atom. The SMILES string of the molecule is COc1cc(F)ccc1Cn1ccn(-c2ccc(-c3cn[nH]c3)cc2)c1=O. The fourth-order valence-corrected chi connectivity index (χ4v) is 2.99. The highest BCUT2D eigenvalue weighted by atomic mass is 19.1. The van der Waals surface area contributed by atoms with E-state index in [0.29, 0.717) is 12.3 Å². The number of hydrogen-bond acceptors (Lipinski definition) is 3. The monoisotopic (exact) mass is 364 g/mol. The number of halogens is 1. The number of aromatic nitrogens is 4. The molecule has 27 heavy (non-hydrogen) atoms. The van der Waals surface area contributed by atoms with E-state index in [1.54, 1.807) is 33.8 Å². The summed E-state index contributed by atoms with van der Waals surface area (Å²) in [5, 5.41) is 6.72. The zero-order valence-electron chi connectivity index (χ0n) is 14.6. The van der Waals surface area contributed by atoms with Gasteiger partial charge < -0.3 is 4.74 Å². The molecule has 0 aliphatic heterocycles. The lowest BCUT2D eigenvalue weighted by molar-refractivity contribution is 0.404. The lowest BCUT2D eigenvalue weighted by atomic mass is 10.1. The van der Waals surface area contributed by atoms with Crippen LogP contribution in [-0.2, 0) is 6.54 Å². The van der Waals surface area contributed by atoms with E-state index in [2.05, 4.69) is 10.2 Å². The highest BCUT2D eigenvalue weighted by Gasteiger charge is 2.10. The Morgan fingerprint density at radius 2 is 1.93 bits per heavy atom. The predicted molar refractivity (Wildman–Crippen MR) is 99.7 cm³/mol. The van der Waals surface area contributed by atoms with E-state index in [-0.39, 0.29) is 11.5 Å². The molecule has 0 spiro atoms. The largest absolute Gasteiger partial charge is 0.496 e. The van der Waals surface area contributed by atoms with Crippen LogP contribution in [-0.4, -0.2) is 26.4 Å². The van der Waals surface area contributed by atoms with Crippen LogP contribution in [0.15, 0.2) is 72.0 Å². The van der Waals surface area contributed by atoms with Crippen LogP contribution in [0.5, 0.6) is 5.75 Å². The third-order valence-electron chi connectivity index (χ3n) is 4.41. The van der Waals surface area contributed by atoms with Gasteiger partial charge in [0.2, 0.25) is 0 Å². The standard InChI is InChI=1S/C20H17FN4O2/c1-27-19-10-17(21)5-2-15(19)13-24-8-9-25(20(24)26)18-6-3-14(4-7-18)16-11-22-23-12-16/h2-12H,13H2,1H3,(H,22,23). The minimum absolute atomic E-state index is 0.183. The number of rotatable bonds is 5. The van der Waals surface area contributed by atoms with Gasteiger partial charge >= 0.3 is 5.69 Å². The topological polar surface area (TPSA) is 64.8 Å². The first-order valence-corrected chi connectivity index (χ1v) is 8.35. The number of aromatic amines is 1. The molecule has 1 N–H and O–H groups in total. The van der Waals surface area contributed by atoms with Gasteiger partial charge in [-0.3, -0.25) is 14.2 Å². The van der Waals surface area contributed by atoms with Gasteiger partial charge in [-0.2, -0.15) is 5.10 Å². The summed E-state index contributed by atoms with van der Waals surface area (Å²) in [6.07, 6.45) is 6.97. The lowest BCUT2D eigenvalue weighted by Gasteiger charge is -2.09. The van der Waals surface area contributed by atoms with Crippen molar-refractivity contribution >= 4 is 0 Å². The highest BCUT2D eigenvalue weighted by Crippen LogP contribution is 2.21. The molecular formula is C20H17FN4O2. The summed E-state index contributed by atoms with van der Waals surface area (Å²) in [5.74, 6) is 0.0392. The van der Waals surface area contributed by atoms with E-state index in [0.717, 1.165) is 22.4 Å². The summed E-state index contributed by atoms with van der Waals surface area (Å²) in [6, 6.07) is 11.9. The Morgan fingerprint density at radius 3 is 2.63 bits per heavy atom. The van der Waals surface area contributed by atoms with Crippen molar-refractivity contribution in [3.05, 3.63) is 89.1 Å². The van der Waals surface area contributed by atoms with Gasteiger partial charge in [-0.05, 0) is 23.8 Å². The van der Waals surface area contributed by atoms with Gasteiger partial charge in [0.15, 0.2) is 0 Å². The smallest absolute Gasteiger partial charge is 0.333 e. The van der Waals surface area contributed by atoms with Crippen LogP contribution in [0.25, 0.3) is 16.8 Å². The van der Waals surface area contributed by atoms with Gasteiger partial charge in [-0.15, -0.1) is 0 Å².